The molecule has 1 heterocycles. The van der Waals surface area contributed by atoms with E-state index in [1.807, 2.05) is 6.92 Å². The highest BCUT2D eigenvalue weighted by Crippen LogP contribution is 2.20. The topological polar surface area (TPSA) is 85.9 Å². The molecule has 0 unspecified atom stereocenters. The van der Waals surface area contributed by atoms with Gasteiger partial charge in [-0.2, -0.15) is 0 Å². The average molecular weight is 247 g/mol. The molecule has 0 saturated heterocycles. The van der Waals surface area contributed by atoms with Gasteiger partial charge in [-0.3, -0.25) is 14.8 Å². The minimum absolute atomic E-state index is 0.106. The molecule has 0 aliphatic rings. The molecule has 0 radical (unpaired) electrons. The molecular weight excluding hydrogens is 234 g/mol. The third kappa shape index (κ3) is 2.82. The molecule has 0 bridgehead atoms. The van der Waals surface area contributed by atoms with Crippen molar-refractivity contribution in [2.75, 3.05) is 11.9 Å². The molecule has 0 spiro atoms. The molecule has 0 saturated carbocycles. The normalized spacial score (nSPS) is 10.3. The van der Waals surface area contributed by atoms with Crippen LogP contribution in [0.4, 0.5) is 11.4 Å². The van der Waals surface area contributed by atoms with Crippen LogP contribution in [0.25, 0.3) is 0 Å². The fourth-order valence-corrected chi connectivity index (χ4v) is 1.62. The number of anilines is 1. The van der Waals surface area contributed by atoms with Gasteiger partial charge in [0.05, 0.1) is 17.7 Å². The van der Waals surface area contributed by atoms with Crippen molar-refractivity contribution in [2.24, 2.45) is 0 Å². The van der Waals surface area contributed by atoms with E-state index < -0.39 is 4.92 Å². The van der Waals surface area contributed by atoms with Gasteiger partial charge in [0.1, 0.15) is 0 Å². The molecule has 0 aliphatic heterocycles. The Hall–Kier alpha value is -2.44. The molecular formula is C11H13N5O2. The fourth-order valence-electron chi connectivity index (χ4n) is 1.62. The number of rotatable bonds is 5. The largest absolute Gasteiger partial charge is 0.383 e. The number of aromatic nitrogens is 3. The van der Waals surface area contributed by atoms with Crippen LogP contribution < -0.4 is 5.32 Å². The Bertz CT molecular complexity index is 538. The lowest BCUT2D eigenvalue weighted by atomic mass is 10.2. The first kappa shape index (κ1) is 12.0. The van der Waals surface area contributed by atoms with Crippen LogP contribution in [-0.2, 0) is 6.54 Å². The zero-order chi connectivity index (χ0) is 13.0. The first-order valence-corrected chi connectivity index (χ1v) is 5.50. The third-order valence-corrected chi connectivity index (χ3v) is 2.55. The highest BCUT2D eigenvalue weighted by Gasteiger charge is 2.07. The molecule has 0 atom stereocenters. The maximum absolute atomic E-state index is 10.6. The van der Waals surface area contributed by atoms with Gasteiger partial charge >= 0.3 is 0 Å². The summed E-state index contributed by atoms with van der Waals surface area (Å²) < 4.78 is 1.72. The number of aryl methyl sites for hydroxylation is 1. The van der Waals surface area contributed by atoms with E-state index in [1.54, 1.807) is 29.2 Å². The third-order valence-electron chi connectivity index (χ3n) is 2.55. The van der Waals surface area contributed by atoms with E-state index in [0.717, 1.165) is 11.3 Å². The minimum atomic E-state index is -0.397. The first-order valence-electron chi connectivity index (χ1n) is 5.50. The van der Waals surface area contributed by atoms with Crippen molar-refractivity contribution in [3.63, 3.8) is 0 Å². The molecule has 1 aromatic carbocycles. The summed E-state index contributed by atoms with van der Waals surface area (Å²) in [5, 5.41) is 21.4. The molecule has 1 N–H and O–H groups in total. The number of nitro benzene ring substituents is 1. The zero-order valence-electron chi connectivity index (χ0n) is 9.91. The summed E-state index contributed by atoms with van der Waals surface area (Å²) in [6.45, 7) is 3.21. The number of hydrogen-bond donors (Lipinski definition) is 1. The van der Waals surface area contributed by atoms with Crippen LogP contribution >= 0.6 is 0 Å². The van der Waals surface area contributed by atoms with Crippen molar-refractivity contribution in [3.05, 3.63) is 46.3 Å². The monoisotopic (exact) mass is 247 g/mol. The van der Waals surface area contributed by atoms with E-state index >= 15 is 0 Å². The predicted molar refractivity (Wildman–Crippen MR) is 66.3 cm³/mol. The Morgan fingerprint density at radius 2 is 2.33 bits per heavy atom. The van der Waals surface area contributed by atoms with Crippen molar-refractivity contribution < 1.29 is 4.92 Å². The van der Waals surface area contributed by atoms with Gasteiger partial charge in [-0.15, -0.1) is 5.10 Å². The Kier molecular flexibility index (Phi) is 3.52. The van der Waals surface area contributed by atoms with Gasteiger partial charge in [0.2, 0.25) is 0 Å². The molecule has 0 amide bonds. The van der Waals surface area contributed by atoms with Crippen molar-refractivity contribution >= 4 is 11.4 Å². The lowest BCUT2D eigenvalue weighted by molar-refractivity contribution is -0.384. The van der Waals surface area contributed by atoms with Crippen LogP contribution in [0.2, 0.25) is 0 Å². The molecule has 18 heavy (non-hydrogen) atoms. The van der Waals surface area contributed by atoms with Crippen molar-refractivity contribution in [3.8, 4) is 0 Å². The van der Waals surface area contributed by atoms with E-state index in [4.69, 9.17) is 0 Å². The number of nitrogens with one attached hydrogen (secondary N) is 1. The van der Waals surface area contributed by atoms with Crippen molar-refractivity contribution in [1.29, 1.82) is 0 Å². The standard InChI is InChI=1S/C11H13N5O2/c1-9-8-10(16(17)18)2-3-11(9)12-4-6-15-7-5-13-14-15/h2-3,5,7-8,12H,4,6H2,1H3. The zero-order valence-corrected chi connectivity index (χ0v) is 9.91. The van der Waals surface area contributed by atoms with Gasteiger partial charge in [-0.1, -0.05) is 5.21 Å². The first-order chi connectivity index (χ1) is 8.66. The number of non-ortho nitro benzene ring substituents is 1. The molecule has 0 fully saturated rings. The number of benzene rings is 1. The van der Waals surface area contributed by atoms with Crippen molar-refractivity contribution in [2.45, 2.75) is 13.5 Å². The summed E-state index contributed by atoms with van der Waals surface area (Å²) in [6.07, 6.45) is 3.40. The molecule has 0 aliphatic carbocycles. The summed E-state index contributed by atoms with van der Waals surface area (Å²) >= 11 is 0. The number of hydrogen-bond acceptors (Lipinski definition) is 5. The van der Waals surface area contributed by atoms with Crippen LogP contribution in [-0.4, -0.2) is 26.5 Å². The Morgan fingerprint density at radius 3 is 2.94 bits per heavy atom. The van der Waals surface area contributed by atoms with Crippen LogP contribution in [0.5, 0.6) is 0 Å². The molecule has 7 heteroatoms. The Labute approximate surface area is 104 Å². The van der Waals surface area contributed by atoms with Crippen LogP contribution in [0.3, 0.4) is 0 Å². The molecule has 2 aromatic rings. The second kappa shape index (κ2) is 5.26. The second-order valence-electron chi connectivity index (χ2n) is 3.85. The average Bonchev–Trinajstić information content (AvgIpc) is 2.84. The minimum Gasteiger partial charge on any atom is -0.383 e. The van der Waals surface area contributed by atoms with Crippen molar-refractivity contribution in [1.82, 2.24) is 15.0 Å². The van der Waals surface area contributed by atoms with Gasteiger partial charge in [0.15, 0.2) is 0 Å². The van der Waals surface area contributed by atoms with E-state index in [0.29, 0.717) is 13.1 Å². The number of nitro groups is 1. The molecule has 7 nitrogen and oxygen atoms in total. The fraction of sp³-hybridized carbons (Fsp3) is 0.273. The van der Waals surface area contributed by atoms with E-state index in [1.165, 1.54) is 6.07 Å². The smallest absolute Gasteiger partial charge is 0.269 e. The maximum atomic E-state index is 10.6. The van der Waals surface area contributed by atoms with Gasteiger partial charge in [-0.25, -0.2) is 0 Å². The van der Waals surface area contributed by atoms with E-state index in [-0.39, 0.29) is 5.69 Å². The van der Waals surface area contributed by atoms with Gasteiger partial charge < -0.3 is 5.32 Å². The van der Waals surface area contributed by atoms with Crippen LogP contribution in [0.15, 0.2) is 30.6 Å². The summed E-state index contributed by atoms with van der Waals surface area (Å²) in [4.78, 5) is 10.2. The van der Waals surface area contributed by atoms with Gasteiger partial charge in [0.25, 0.3) is 5.69 Å². The lowest BCUT2D eigenvalue weighted by Gasteiger charge is -2.08. The van der Waals surface area contributed by atoms with Crippen LogP contribution in [0.1, 0.15) is 5.56 Å². The van der Waals surface area contributed by atoms with E-state index in [9.17, 15) is 10.1 Å². The van der Waals surface area contributed by atoms with Gasteiger partial charge in [0, 0.05) is 30.6 Å². The summed E-state index contributed by atoms with van der Waals surface area (Å²) in [7, 11) is 0. The summed E-state index contributed by atoms with van der Waals surface area (Å²) in [6, 6.07) is 4.76. The van der Waals surface area contributed by atoms with Crippen LogP contribution in [0, 0.1) is 17.0 Å². The molecule has 94 valence electrons. The lowest BCUT2D eigenvalue weighted by Crippen LogP contribution is -2.11. The SMILES string of the molecule is Cc1cc([N+](=O)[O-])ccc1NCCn1ccnn1. The molecule has 2 rings (SSSR count). The molecule has 1 aromatic heterocycles. The Morgan fingerprint density at radius 1 is 1.50 bits per heavy atom. The predicted octanol–water partition coefficient (Wildman–Crippen LogP) is 1.61. The second-order valence-corrected chi connectivity index (χ2v) is 3.85. The summed E-state index contributed by atoms with van der Waals surface area (Å²) in [5.74, 6) is 0. The highest BCUT2D eigenvalue weighted by atomic mass is 16.6. The maximum Gasteiger partial charge on any atom is 0.269 e. The van der Waals surface area contributed by atoms with E-state index in [2.05, 4.69) is 15.6 Å². The number of nitrogens with zero attached hydrogens (tertiary/aromatic N) is 4. The Balaban J connectivity index is 1.95. The highest BCUT2D eigenvalue weighted by molar-refractivity contribution is 5.55. The quantitative estimate of drug-likeness (QED) is 0.640. The van der Waals surface area contributed by atoms with Gasteiger partial charge in [-0.05, 0) is 18.6 Å². The summed E-state index contributed by atoms with van der Waals surface area (Å²) in [5.41, 5.74) is 1.85.